The summed E-state index contributed by atoms with van der Waals surface area (Å²) in [6.45, 7) is 4.74. The van der Waals surface area contributed by atoms with Gasteiger partial charge in [-0.2, -0.15) is 0 Å². The molecule has 1 spiro atoms. The summed E-state index contributed by atoms with van der Waals surface area (Å²) >= 11 is 0. The van der Waals surface area contributed by atoms with Crippen molar-refractivity contribution < 1.29 is 9.53 Å². The smallest absolute Gasteiger partial charge is 0.229 e. The molecule has 0 saturated carbocycles. The maximum Gasteiger partial charge on any atom is 0.229 e. The van der Waals surface area contributed by atoms with Crippen molar-refractivity contribution in [2.24, 2.45) is 5.41 Å². The zero-order valence-electron chi connectivity index (χ0n) is 17.3. The van der Waals surface area contributed by atoms with Crippen LogP contribution in [-0.2, 0) is 17.8 Å². The van der Waals surface area contributed by atoms with Crippen molar-refractivity contribution in [3.05, 3.63) is 59.9 Å². The molecule has 0 atom stereocenters. The maximum absolute atomic E-state index is 13.2. The van der Waals surface area contributed by atoms with Gasteiger partial charge in [-0.05, 0) is 81.6 Å². The van der Waals surface area contributed by atoms with E-state index in [-0.39, 0.29) is 5.41 Å². The highest BCUT2D eigenvalue weighted by molar-refractivity contribution is 5.85. The molecule has 0 bridgehead atoms. The molecule has 3 heterocycles. The summed E-state index contributed by atoms with van der Waals surface area (Å²) in [6.07, 6.45) is 7.01. The number of nitrogens with zero attached hydrogens (tertiary/aromatic N) is 3. The summed E-state index contributed by atoms with van der Waals surface area (Å²) in [5.74, 6) is 1.22. The van der Waals surface area contributed by atoms with Crippen molar-refractivity contribution in [2.75, 3.05) is 33.3 Å². The van der Waals surface area contributed by atoms with Crippen LogP contribution in [0.5, 0.6) is 5.75 Å². The number of ether oxygens (including phenoxy) is 1. The first-order chi connectivity index (χ1) is 14.2. The zero-order chi connectivity index (χ0) is 20.1. The van der Waals surface area contributed by atoms with Crippen molar-refractivity contribution in [3.8, 4) is 5.75 Å². The lowest BCUT2D eigenvalue weighted by molar-refractivity contribution is -0.138. The van der Waals surface area contributed by atoms with E-state index in [0.717, 1.165) is 64.0 Å². The third-order valence-electron chi connectivity index (χ3n) is 6.58. The van der Waals surface area contributed by atoms with Crippen LogP contribution in [0.4, 0.5) is 0 Å². The van der Waals surface area contributed by atoms with Crippen LogP contribution in [0.3, 0.4) is 0 Å². The molecular weight excluding hydrogens is 362 g/mol. The molecule has 0 radical (unpaired) electrons. The Kier molecular flexibility index (Phi) is 6.14. The quantitative estimate of drug-likeness (QED) is 0.722. The van der Waals surface area contributed by atoms with Gasteiger partial charge in [0.05, 0.1) is 12.5 Å². The average Bonchev–Trinajstić information content (AvgIpc) is 3.06. The van der Waals surface area contributed by atoms with Crippen molar-refractivity contribution in [1.82, 2.24) is 14.8 Å². The third-order valence-corrected chi connectivity index (χ3v) is 6.58. The highest BCUT2D eigenvalue weighted by Crippen LogP contribution is 2.42. The number of aromatic nitrogens is 1. The van der Waals surface area contributed by atoms with Crippen molar-refractivity contribution in [1.29, 1.82) is 0 Å². The van der Waals surface area contributed by atoms with Gasteiger partial charge in [-0.25, -0.2) is 0 Å². The summed E-state index contributed by atoms with van der Waals surface area (Å²) in [5.41, 5.74) is 2.22. The molecule has 29 heavy (non-hydrogen) atoms. The highest BCUT2D eigenvalue weighted by Gasteiger charge is 2.47. The van der Waals surface area contributed by atoms with Crippen LogP contribution >= 0.6 is 0 Å². The first-order valence-corrected chi connectivity index (χ1v) is 10.7. The molecule has 0 N–H and O–H groups in total. The SMILES string of the molecule is COc1ccc(CN2CCC3(CCN(CCCc4ccccn4)CC3)C2=O)cc1. The minimum Gasteiger partial charge on any atom is -0.497 e. The van der Waals surface area contributed by atoms with Gasteiger partial charge in [-0.1, -0.05) is 18.2 Å². The number of amides is 1. The highest BCUT2D eigenvalue weighted by atomic mass is 16.5. The lowest BCUT2D eigenvalue weighted by Gasteiger charge is -2.38. The Morgan fingerprint density at radius 2 is 1.79 bits per heavy atom. The fourth-order valence-corrected chi connectivity index (χ4v) is 4.69. The van der Waals surface area contributed by atoms with Crippen molar-refractivity contribution in [3.63, 3.8) is 0 Å². The number of piperidine rings is 1. The molecule has 0 aliphatic carbocycles. The Balaban J connectivity index is 1.25. The molecule has 0 unspecified atom stereocenters. The third kappa shape index (κ3) is 4.61. The summed E-state index contributed by atoms with van der Waals surface area (Å²) in [4.78, 5) is 22.2. The number of hydrogen-bond donors (Lipinski definition) is 0. The van der Waals surface area contributed by atoms with E-state index in [9.17, 15) is 4.79 Å². The minimum atomic E-state index is -0.121. The normalized spacial score (nSPS) is 19.1. The Bertz CT molecular complexity index is 799. The Hall–Kier alpha value is -2.40. The summed E-state index contributed by atoms with van der Waals surface area (Å²) in [5, 5.41) is 0. The second-order valence-electron chi connectivity index (χ2n) is 8.37. The fraction of sp³-hybridized carbons (Fsp3) is 0.500. The van der Waals surface area contributed by atoms with Gasteiger partial charge in [0.1, 0.15) is 5.75 Å². The van der Waals surface area contributed by atoms with Gasteiger partial charge in [0, 0.05) is 25.0 Å². The number of carbonyl (C=O) groups excluding carboxylic acids is 1. The number of pyridine rings is 1. The first kappa shape index (κ1) is 19.9. The second kappa shape index (κ2) is 8.95. The van der Waals surface area contributed by atoms with Crippen LogP contribution in [-0.4, -0.2) is 54.0 Å². The number of hydrogen-bond acceptors (Lipinski definition) is 4. The van der Waals surface area contributed by atoms with Crippen LogP contribution in [0.2, 0.25) is 0 Å². The lowest BCUT2D eigenvalue weighted by atomic mass is 9.77. The van der Waals surface area contributed by atoms with Gasteiger partial charge in [0.25, 0.3) is 0 Å². The van der Waals surface area contributed by atoms with Crippen LogP contribution in [0.1, 0.15) is 36.9 Å². The Morgan fingerprint density at radius 3 is 2.48 bits per heavy atom. The molecule has 4 rings (SSSR count). The maximum atomic E-state index is 13.2. The van der Waals surface area contributed by atoms with E-state index in [1.807, 2.05) is 24.4 Å². The molecule has 1 amide bonds. The summed E-state index contributed by atoms with van der Waals surface area (Å²) < 4.78 is 5.22. The molecule has 2 saturated heterocycles. The number of rotatable bonds is 7. The molecule has 2 aliphatic rings. The van der Waals surface area contributed by atoms with Gasteiger partial charge in [-0.3, -0.25) is 9.78 Å². The van der Waals surface area contributed by atoms with Gasteiger partial charge in [0.2, 0.25) is 5.91 Å². The van der Waals surface area contributed by atoms with Gasteiger partial charge in [0.15, 0.2) is 0 Å². The van der Waals surface area contributed by atoms with E-state index in [0.29, 0.717) is 12.5 Å². The summed E-state index contributed by atoms with van der Waals surface area (Å²) in [7, 11) is 1.67. The van der Waals surface area contributed by atoms with Crippen LogP contribution in [0.15, 0.2) is 48.7 Å². The predicted molar refractivity (Wildman–Crippen MR) is 114 cm³/mol. The number of benzene rings is 1. The molecule has 5 nitrogen and oxygen atoms in total. The lowest BCUT2D eigenvalue weighted by Crippen LogP contribution is -2.44. The molecular formula is C24H31N3O2. The zero-order valence-corrected chi connectivity index (χ0v) is 17.3. The topological polar surface area (TPSA) is 45.7 Å². The van der Waals surface area contributed by atoms with Crippen LogP contribution in [0, 0.1) is 5.41 Å². The van der Waals surface area contributed by atoms with Crippen molar-refractivity contribution >= 4 is 5.91 Å². The molecule has 154 valence electrons. The second-order valence-corrected chi connectivity index (χ2v) is 8.37. The minimum absolute atomic E-state index is 0.121. The van der Waals surface area contributed by atoms with Gasteiger partial charge < -0.3 is 14.5 Å². The van der Waals surface area contributed by atoms with E-state index in [1.165, 1.54) is 11.3 Å². The molecule has 2 fully saturated rings. The van der Waals surface area contributed by atoms with Gasteiger partial charge in [-0.15, -0.1) is 0 Å². The Labute approximate surface area is 173 Å². The van der Waals surface area contributed by atoms with E-state index in [4.69, 9.17) is 4.74 Å². The number of aryl methyl sites for hydroxylation is 1. The standard InChI is InChI=1S/C24H31N3O2/c1-29-22-9-7-20(8-10-22)19-27-18-13-24(23(27)28)11-16-26(17-12-24)15-4-6-21-5-2-3-14-25-21/h2-3,5,7-10,14H,4,6,11-13,15-19H2,1H3. The molecule has 5 heteroatoms. The van der Waals surface area contributed by atoms with E-state index >= 15 is 0 Å². The van der Waals surface area contributed by atoms with Gasteiger partial charge >= 0.3 is 0 Å². The first-order valence-electron chi connectivity index (χ1n) is 10.7. The Morgan fingerprint density at radius 1 is 1.03 bits per heavy atom. The number of likely N-dealkylation sites (tertiary alicyclic amines) is 2. The van der Waals surface area contributed by atoms with E-state index in [2.05, 4.69) is 39.0 Å². The van der Waals surface area contributed by atoms with Crippen molar-refractivity contribution in [2.45, 2.75) is 38.6 Å². The number of methoxy groups -OCH3 is 1. The van der Waals surface area contributed by atoms with E-state index < -0.39 is 0 Å². The summed E-state index contributed by atoms with van der Waals surface area (Å²) in [6, 6.07) is 14.2. The van der Waals surface area contributed by atoms with Crippen LogP contribution < -0.4 is 4.74 Å². The monoisotopic (exact) mass is 393 g/mol. The fourth-order valence-electron chi connectivity index (χ4n) is 4.69. The largest absolute Gasteiger partial charge is 0.497 e. The van der Waals surface area contributed by atoms with E-state index in [1.54, 1.807) is 7.11 Å². The molecule has 2 aromatic rings. The average molecular weight is 394 g/mol. The predicted octanol–water partition coefficient (Wildman–Crippen LogP) is 3.54. The number of carbonyl (C=O) groups is 1. The molecule has 2 aliphatic heterocycles. The van der Waals surface area contributed by atoms with Crippen LogP contribution in [0.25, 0.3) is 0 Å². The molecule has 1 aromatic carbocycles. The molecule has 1 aromatic heterocycles.